The van der Waals surface area contributed by atoms with Crippen LogP contribution < -0.4 is 5.32 Å². The summed E-state index contributed by atoms with van der Waals surface area (Å²) in [7, 11) is 2.07. The Morgan fingerprint density at radius 2 is 1.95 bits per heavy atom. The van der Waals surface area contributed by atoms with Gasteiger partial charge in [-0.15, -0.1) is 0 Å². The van der Waals surface area contributed by atoms with Gasteiger partial charge in [0.25, 0.3) is 0 Å². The fourth-order valence-corrected chi connectivity index (χ4v) is 4.03. The van der Waals surface area contributed by atoms with Crippen molar-refractivity contribution in [1.29, 1.82) is 0 Å². The summed E-state index contributed by atoms with van der Waals surface area (Å²) < 4.78 is 2.49. The van der Waals surface area contributed by atoms with E-state index in [2.05, 4.69) is 99.4 Å². The highest BCUT2D eigenvalue weighted by atomic mass is 127. The average molecular weight is 442 g/mol. The molecule has 0 radical (unpaired) electrons. The number of hydrogen-bond donors (Lipinski definition) is 1. The van der Waals surface area contributed by atoms with Crippen molar-refractivity contribution in [1.82, 2.24) is 5.32 Å². The molecule has 0 spiro atoms. The van der Waals surface area contributed by atoms with E-state index in [4.69, 9.17) is 0 Å². The lowest BCUT2D eigenvalue weighted by Crippen LogP contribution is -2.19. The van der Waals surface area contributed by atoms with Gasteiger partial charge in [0.2, 0.25) is 0 Å². The molecule has 2 aromatic carbocycles. The summed E-state index contributed by atoms with van der Waals surface area (Å²) in [6.45, 7) is 0. The van der Waals surface area contributed by atoms with Gasteiger partial charge in [0.1, 0.15) is 0 Å². The highest BCUT2D eigenvalue weighted by Crippen LogP contribution is 2.54. The first kappa shape index (κ1) is 14.5. The van der Waals surface area contributed by atoms with Crippen LogP contribution in [0.3, 0.4) is 0 Å². The summed E-state index contributed by atoms with van der Waals surface area (Å²) in [6.07, 6.45) is 1.27. The maximum atomic E-state index is 3.70. The standard InChI is InChI=1S/C17H17BrIN/c1-20-17(15-9-12(19)7-8-16(15)18)14-10-13(14)11-5-3-2-4-6-11/h2-9,13-14,17,20H,10H2,1H3. The number of halogens is 2. The fourth-order valence-electron chi connectivity index (χ4n) is 3.02. The zero-order valence-electron chi connectivity index (χ0n) is 11.3. The Balaban J connectivity index is 1.84. The molecular formula is C17H17BrIN. The van der Waals surface area contributed by atoms with Crippen molar-refractivity contribution in [3.8, 4) is 0 Å². The highest BCUT2D eigenvalue weighted by Gasteiger charge is 2.44. The molecule has 1 aliphatic rings. The summed E-state index contributed by atoms with van der Waals surface area (Å²) in [6, 6.07) is 17.9. The molecule has 0 aromatic heterocycles. The van der Waals surface area contributed by atoms with Crippen molar-refractivity contribution < 1.29 is 0 Å². The smallest absolute Gasteiger partial charge is 0.0363 e. The Labute approximate surface area is 142 Å². The Morgan fingerprint density at radius 1 is 1.20 bits per heavy atom. The van der Waals surface area contributed by atoms with E-state index in [9.17, 15) is 0 Å². The van der Waals surface area contributed by atoms with Crippen molar-refractivity contribution in [2.24, 2.45) is 5.92 Å². The predicted molar refractivity (Wildman–Crippen MR) is 95.9 cm³/mol. The summed E-state index contributed by atoms with van der Waals surface area (Å²) >= 11 is 6.08. The monoisotopic (exact) mass is 441 g/mol. The summed E-state index contributed by atoms with van der Waals surface area (Å²) in [5, 5.41) is 3.51. The maximum absolute atomic E-state index is 3.70. The van der Waals surface area contributed by atoms with Crippen LogP contribution in [0.5, 0.6) is 0 Å². The third-order valence-electron chi connectivity index (χ3n) is 4.10. The van der Waals surface area contributed by atoms with Gasteiger partial charge in [0.15, 0.2) is 0 Å². The summed E-state index contributed by atoms with van der Waals surface area (Å²) in [5.74, 6) is 1.38. The van der Waals surface area contributed by atoms with E-state index in [0.717, 1.165) is 0 Å². The van der Waals surface area contributed by atoms with Gasteiger partial charge in [-0.25, -0.2) is 0 Å². The van der Waals surface area contributed by atoms with Crippen LogP contribution in [0, 0.1) is 9.49 Å². The number of rotatable bonds is 4. The first-order valence-electron chi connectivity index (χ1n) is 6.88. The normalized spacial score (nSPS) is 22.6. The Bertz CT molecular complexity index is 599. The van der Waals surface area contributed by atoms with Crippen LogP contribution in [0.25, 0.3) is 0 Å². The van der Waals surface area contributed by atoms with E-state index in [-0.39, 0.29) is 0 Å². The van der Waals surface area contributed by atoms with Gasteiger partial charge in [-0.1, -0.05) is 46.3 Å². The average Bonchev–Trinajstić information content (AvgIpc) is 3.25. The van der Waals surface area contributed by atoms with E-state index < -0.39 is 0 Å². The quantitative estimate of drug-likeness (QED) is 0.649. The molecule has 1 aliphatic carbocycles. The van der Waals surface area contributed by atoms with Crippen LogP contribution in [-0.2, 0) is 0 Å². The zero-order chi connectivity index (χ0) is 14.1. The Kier molecular flexibility index (Phi) is 4.48. The molecular weight excluding hydrogens is 425 g/mol. The molecule has 0 bridgehead atoms. The molecule has 2 aromatic rings. The van der Waals surface area contributed by atoms with Crippen LogP contribution in [0.15, 0.2) is 53.0 Å². The third-order valence-corrected chi connectivity index (χ3v) is 5.49. The maximum Gasteiger partial charge on any atom is 0.0363 e. The molecule has 3 atom stereocenters. The van der Waals surface area contributed by atoms with Gasteiger partial charge < -0.3 is 5.32 Å². The van der Waals surface area contributed by atoms with Crippen molar-refractivity contribution in [3.63, 3.8) is 0 Å². The van der Waals surface area contributed by atoms with Crippen LogP contribution in [0.1, 0.15) is 29.5 Å². The molecule has 0 aliphatic heterocycles. The van der Waals surface area contributed by atoms with Crippen LogP contribution in [0.2, 0.25) is 0 Å². The Hall–Kier alpha value is -0.390. The van der Waals surface area contributed by atoms with Crippen LogP contribution >= 0.6 is 38.5 Å². The number of nitrogens with one attached hydrogen (secondary N) is 1. The SMILES string of the molecule is CNC(c1cc(I)ccc1Br)C1CC1c1ccccc1. The van der Waals surface area contributed by atoms with Gasteiger partial charge >= 0.3 is 0 Å². The molecule has 1 N–H and O–H groups in total. The third kappa shape index (κ3) is 2.95. The minimum atomic E-state index is 0.421. The summed E-state index contributed by atoms with van der Waals surface area (Å²) in [5.41, 5.74) is 2.85. The predicted octanol–water partition coefficient (Wildman–Crippen LogP) is 5.12. The molecule has 1 saturated carbocycles. The largest absolute Gasteiger partial charge is 0.313 e. The van der Waals surface area contributed by atoms with Crippen molar-refractivity contribution in [2.45, 2.75) is 18.4 Å². The second-order valence-corrected chi connectivity index (χ2v) is 7.45. The zero-order valence-corrected chi connectivity index (χ0v) is 15.1. The van der Waals surface area contributed by atoms with E-state index in [1.54, 1.807) is 0 Å². The van der Waals surface area contributed by atoms with E-state index in [1.165, 1.54) is 25.6 Å². The lowest BCUT2D eigenvalue weighted by molar-refractivity contribution is 0.516. The van der Waals surface area contributed by atoms with E-state index in [1.807, 2.05) is 0 Å². The second kappa shape index (κ2) is 6.16. The first-order chi connectivity index (χ1) is 9.70. The molecule has 0 heterocycles. The fraction of sp³-hybridized carbons (Fsp3) is 0.294. The van der Waals surface area contributed by atoms with E-state index in [0.29, 0.717) is 17.9 Å². The molecule has 3 heteroatoms. The molecule has 3 unspecified atom stereocenters. The second-order valence-electron chi connectivity index (χ2n) is 5.35. The van der Waals surface area contributed by atoms with Crippen LogP contribution in [0.4, 0.5) is 0 Å². The van der Waals surface area contributed by atoms with Gasteiger partial charge in [-0.05, 0) is 77.2 Å². The highest BCUT2D eigenvalue weighted by molar-refractivity contribution is 14.1. The molecule has 1 nitrogen and oxygen atoms in total. The number of benzene rings is 2. The minimum absolute atomic E-state index is 0.421. The van der Waals surface area contributed by atoms with Gasteiger partial charge in [0, 0.05) is 14.1 Å². The number of hydrogen-bond acceptors (Lipinski definition) is 1. The molecule has 0 saturated heterocycles. The van der Waals surface area contributed by atoms with E-state index >= 15 is 0 Å². The lowest BCUT2D eigenvalue weighted by Gasteiger charge is -2.19. The van der Waals surface area contributed by atoms with Gasteiger partial charge in [0.05, 0.1) is 0 Å². The van der Waals surface area contributed by atoms with Crippen molar-refractivity contribution in [2.75, 3.05) is 7.05 Å². The van der Waals surface area contributed by atoms with Crippen molar-refractivity contribution >= 4 is 38.5 Å². The summed E-state index contributed by atoms with van der Waals surface area (Å²) in [4.78, 5) is 0. The Morgan fingerprint density at radius 3 is 2.65 bits per heavy atom. The molecule has 3 rings (SSSR count). The van der Waals surface area contributed by atoms with Crippen LogP contribution in [-0.4, -0.2) is 7.05 Å². The minimum Gasteiger partial charge on any atom is -0.313 e. The first-order valence-corrected chi connectivity index (χ1v) is 8.75. The van der Waals surface area contributed by atoms with Gasteiger partial charge in [-0.2, -0.15) is 0 Å². The lowest BCUT2D eigenvalue weighted by atomic mass is 9.99. The molecule has 1 fully saturated rings. The van der Waals surface area contributed by atoms with Gasteiger partial charge in [-0.3, -0.25) is 0 Å². The topological polar surface area (TPSA) is 12.0 Å². The molecule has 20 heavy (non-hydrogen) atoms. The van der Waals surface area contributed by atoms with Crippen molar-refractivity contribution in [3.05, 3.63) is 67.7 Å². The molecule has 0 amide bonds. The molecule has 104 valence electrons.